The summed E-state index contributed by atoms with van der Waals surface area (Å²) in [5.74, 6) is -0.206. The van der Waals surface area contributed by atoms with Crippen LogP contribution in [-0.2, 0) is 37.0 Å². The fraction of sp³-hybridized carbons (Fsp3) is 0.359. The smallest absolute Gasteiger partial charge is 0.408 e. The molecule has 3 aliphatic heterocycles. The molecular formula is C39H42N6O7. The Kier molecular flexibility index (Phi) is 10.8. The maximum Gasteiger partial charge on any atom is 0.408 e. The van der Waals surface area contributed by atoms with E-state index in [1.54, 1.807) is 36.7 Å². The van der Waals surface area contributed by atoms with Gasteiger partial charge in [-0.1, -0.05) is 73.7 Å². The number of rotatable bonds is 10. The zero-order valence-corrected chi connectivity index (χ0v) is 28.9. The number of aliphatic hydroxyl groups is 1. The third kappa shape index (κ3) is 7.97. The molecule has 270 valence electrons. The number of hydrogen-bond donors (Lipinski definition) is 2. The Balaban J connectivity index is 1.02. The lowest BCUT2D eigenvalue weighted by Crippen LogP contribution is -2.51. The van der Waals surface area contributed by atoms with Crippen molar-refractivity contribution < 1.29 is 33.7 Å². The average Bonchev–Trinajstić information content (AvgIpc) is 3.47. The summed E-state index contributed by atoms with van der Waals surface area (Å²) >= 11 is 0. The molecule has 0 aliphatic carbocycles. The number of anilines is 2. The van der Waals surface area contributed by atoms with Gasteiger partial charge in [0.1, 0.15) is 12.6 Å². The highest BCUT2D eigenvalue weighted by atomic mass is 16.7. The zero-order valence-electron chi connectivity index (χ0n) is 28.9. The van der Waals surface area contributed by atoms with Crippen LogP contribution >= 0.6 is 0 Å². The summed E-state index contributed by atoms with van der Waals surface area (Å²) in [6.45, 7) is 6.11. The number of alkyl carbamates (subject to hydrolysis) is 1. The Hall–Kier alpha value is -5.21. The number of ether oxygens (including phenoxy) is 3. The molecule has 4 heterocycles. The van der Waals surface area contributed by atoms with Crippen LogP contribution in [0, 0.1) is 5.92 Å². The number of carbonyl (C=O) groups is 3. The van der Waals surface area contributed by atoms with Gasteiger partial charge in [0.25, 0.3) is 5.91 Å². The molecule has 0 spiro atoms. The molecule has 52 heavy (non-hydrogen) atoms. The van der Waals surface area contributed by atoms with E-state index in [0.29, 0.717) is 12.2 Å². The lowest BCUT2D eigenvalue weighted by molar-refractivity contribution is -0.276. The minimum atomic E-state index is -1.03. The highest BCUT2D eigenvalue weighted by molar-refractivity contribution is 6.22. The number of nitrogens with one attached hydrogen (secondary N) is 1. The van der Waals surface area contributed by atoms with E-state index in [2.05, 4.69) is 32.0 Å². The number of imide groups is 1. The Morgan fingerprint density at radius 3 is 2.25 bits per heavy atom. The molecule has 7 rings (SSSR count). The first-order valence-corrected chi connectivity index (χ1v) is 17.5. The third-order valence-electron chi connectivity index (χ3n) is 9.84. The summed E-state index contributed by atoms with van der Waals surface area (Å²) in [4.78, 5) is 53.2. The second kappa shape index (κ2) is 16.0. The monoisotopic (exact) mass is 706 g/mol. The summed E-state index contributed by atoms with van der Waals surface area (Å²) in [5.41, 5.74) is 3.74. The highest BCUT2D eigenvalue weighted by Crippen LogP contribution is 2.42. The summed E-state index contributed by atoms with van der Waals surface area (Å²) in [6.07, 6.45) is 1.41. The fourth-order valence-corrected chi connectivity index (χ4v) is 6.87. The van der Waals surface area contributed by atoms with Gasteiger partial charge in [-0.25, -0.2) is 19.7 Å². The molecule has 0 radical (unpaired) electrons. The average molecular weight is 707 g/mol. The molecule has 5 atom stereocenters. The first kappa shape index (κ1) is 35.2. The van der Waals surface area contributed by atoms with Crippen molar-refractivity contribution in [2.24, 2.45) is 5.92 Å². The summed E-state index contributed by atoms with van der Waals surface area (Å²) in [5, 5.41) is 12.1. The van der Waals surface area contributed by atoms with E-state index in [4.69, 9.17) is 14.2 Å². The van der Waals surface area contributed by atoms with Gasteiger partial charge in [0.15, 0.2) is 6.29 Å². The van der Waals surface area contributed by atoms with Crippen LogP contribution < -0.4 is 15.1 Å². The second-order valence-corrected chi connectivity index (χ2v) is 13.3. The van der Waals surface area contributed by atoms with Gasteiger partial charge in [0.05, 0.1) is 30.9 Å². The van der Waals surface area contributed by atoms with Gasteiger partial charge < -0.3 is 29.5 Å². The molecule has 3 aromatic carbocycles. The van der Waals surface area contributed by atoms with Crippen LogP contribution in [0.25, 0.3) is 0 Å². The van der Waals surface area contributed by atoms with Crippen molar-refractivity contribution in [3.05, 3.63) is 120 Å². The van der Waals surface area contributed by atoms with E-state index in [1.807, 2.05) is 60.7 Å². The Bertz CT molecular complexity index is 1820. The van der Waals surface area contributed by atoms with Gasteiger partial charge in [0.2, 0.25) is 11.9 Å². The van der Waals surface area contributed by atoms with Crippen molar-refractivity contribution in [3.8, 4) is 0 Å². The number of aromatic nitrogens is 2. The van der Waals surface area contributed by atoms with Crippen molar-refractivity contribution in [2.75, 3.05) is 42.5 Å². The van der Waals surface area contributed by atoms with Gasteiger partial charge in [-0.05, 0) is 34.9 Å². The molecule has 3 aliphatic rings. The van der Waals surface area contributed by atoms with Crippen molar-refractivity contribution >= 4 is 29.5 Å². The van der Waals surface area contributed by atoms with E-state index in [9.17, 15) is 19.5 Å². The van der Waals surface area contributed by atoms with Crippen LogP contribution in [0.4, 0.5) is 16.4 Å². The van der Waals surface area contributed by atoms with Crippen LogP contribution in [0.1, 0.15) is 48.0 Å². The SMILES string of the molecule is C[C@H]1[C@@H](CN2CCN(c3ncccn3)CC2)O[C@@H](c2ccc(N3C(=O)CC(NC(=O)OCc4ccccc4)C3=O)cc2)O[C@H]1c1ccc(CO)cc1. The molecule has 3 fully saturated rings. The predicted octanol–water partition coefficient (Wildman–Crippen LogP) is 4.14. The summed E-state index contributed by atoms with van der Waals surface area (Å²) in [7, 11) is 0. The van der Waals surface area contributed by atoms with E-state index < -0.39 is 30.2 Å². The molecule has 3 amide bonds. The molecular weight excluding hydrogens is 664 g/mol. The van der Waals surface area contributed by atoms with Gasteiger partial charge >= 0.3 is 6.09 Å². The molecule has 13 nitrogen and oxygen atoms in total. The molecule has 13 heteroatoms. The van der Waals surface area contributed by atoms with Crippen molar-refractivity contribution in [3.63, 3.8) is 0 Å². The standard InChI is InChI=1S/C39H42N6O7/c1-26-33(23-43-18-20-44(21-19-43)38-40-16-5-17-41-38)51-37(52-35(26)29-10-8-27(24-46)9-11-29)30-12-14-31(15-13-30)45-34(47)22-32(36(45)48)42-39(49)50-25-28-6-3-2-4-7-28/h2-17,26,32-33,35,37,46H,18-25H2,1H3,(H,42,49)/t26-,32?,33+,35+,37+/m0/s1. The number of piperazine rings is 1. The van der Waals surface area contributed by atoms with Crippen LogP contribution in [0.5, 0.6) is 0 Å². The lowest BCUT2D eigenvalue weighted by Gasteiger charge is -2.44. The quantitative estimate of drug-likeness (QED) is 0.230. The predicted molar refractivity (Wildman–Crippen MR) is 191 cm³/mol. The largest absolute Gasteiger partial charge is 0.445 e. The normalized spacial score (nSPS) is 23.8. The van der Waals surface area contributed by atoms with Crippen LogP contribution in [0.15, 0.2) is 97.3 Å². The molecule has 0 bridgehead atoms. The van der Waals surface area contributed by atoms with E-state index in [-0.39, 0.29) is 37.8 Å². The molecule has 3 saturated heterocycles. The number of nitrogens with zero attached hydrogens (tertiary/aromatic N) is 5. The van der Waals surface area contributed by atoms with Crippen molar-refractivity contribution in [2.45, 2.75) is 51.1 Å². The van der Waals surface area contributed by atoms with Crippen LogP contribution in [0.2, 0.25) is 0 Å². The topological polar surface area (TPSA) is 147 Å². The first-order valence-electron chi connectivity index (χ1n) is 17.5. The van der Waals surface area contributed by atoms with Gasteiger partial charge in [-0.3, -0.25) is 14.5 Å². The molecule has 1 aromatic heterocycles. The van der Waals surface area contributed by atoms with E-state index in [0.717, 1.165) is 59.3 Å². The Morgan fingerprint density at radius 2 is 1.56 bits per heavy atom. The van der Waals surface area contributed by atoms with E-state index in [1.165, 1.54) is 0 Å². The third-order valence-corrected chi connectivity index (χ3v) is 9.84. The second-order valence-electron chi connectivity index (χ2n) is 13.3. The van der Waals surface area contributed by atoms with E-state index >= 15 is 0 Å². The van der Waals surface area contributed by atoms with Gasteiger partial charge in [0, 0.05) is 56.6 Å². The first-order chi connectivity index (χ1) is 25.4. The minimum Gasteiger partial charge on any atom is -0.445 e. The fourth-order valence-electron chi connectivity index (χ4n) is 6.87. The number of aliphatic hydroxyl groups excluding tert-OH is 1. The number of amides is 3. The molecule has 2 N–H and O–H groups in total. The number of hydrogen-bond acceptors (Lipinski definition) is 11. The molecule has 4 aromatic rings. The maximum absolute atomic E-state index is 13.3. The number of benzene rings is 3. The van der Waals surface area contributed by atoms with Gasteiger partial charge in [-0.15, -0.1) is 0 Å². The van der Waals surface area contributed by atoms with Crippen molar-refractivity contribution in [1.82, 2.24) is 20.2 Å². The minimum absolute atomic E-state index is 0.00893. The maximum atomic E-state index is 13.3. The molecule has 0 saturated carbocycles. The zero-order chi connectivity index (χ0) is 36.0. The van der Waals surface area contributed by atoms with Crippen LogP contribution in [-0.4, -0.2) is 82.8 Å². The lowest BCUT2D eigenvalue weighted by atomic mass is 9.90. The Labute approximate surface area is 302 Å². The molecule has 1 unspecified atom stereocenters. The number of carbonyl (C=O) groups excluding carboxylic acids is 3. The summed E-state index contributed by atoms with van der Waals surface area (Å²) < 4.78 is 18.5. The highest BCUT2D eigenvalue weighted by Gasteiger charge is 2.42. The van der Waals surface area contributed by atoms with Crippen molar-refractivity contribution in [1.29, 1.82) is 0 Å². The Morgan fingerprint density at radius 1 is 0.865 bits per heavy atom. The summed E-state index contributed by atoms with van der Waals surface area (Å²) in [6, 6.07) is 24.7. The van der Waals surface area contributed by atoms with Crippen LogP contribution in [0.3, 0.4) is 0 Å². The van der Waals surface area contributed by atoms with Gasteiger partial charge in [-0.2, -0.15) is 0 Å².